The molecule has 0 bridgehead atoms. The maximum atomic E-state index is 4.07. The summed E-state index contributed by atoms with van der Waals surface area (Å²) in [5.41, 5.74) is 3.31. The summed E-state index contributed by atoms with van der Waals surface area (Å²) < 4.78 is 2.53. The number of hydrogen-bond acceptors (Lipinski definition) is 2. The first-order chi connectivity index (χ1) is 7.57. The molecule has 0 aromatic carbocycles. The number of hydrogen-bond donors (Lipinski definition) is 1. The van der Waals surface area contributed by atoms with Gasteiger partial charge < -0.3 is 0 Å². The SMILES string of the molecule is CC(C)(C)c1cscc1C[I-]c1cnc[nH]1. The molecule has 16 heavy (non-hydrogen) atoms. The van der Waals surface area contributed by atoms with E-state index in [9.17, 15) is 0 Å². The normalized spacial score (nSPS) is 12.2. The molecule has 0 unspecified atom stereocenters. The van der Waals surface area contributed by atoms with Gasteiger partial charge in [-0.3, -0.25) is 0 Å². The first-order valence-electron chi connectivity index (χ1n) is 5.20. The second kappa shape index (κ2) is 4.87. The van der Waals surface area contributed by atoms with Crippen LogP contribution in [-0.4, -0.2) is 9.97 Å². The fraction of sp³-hybridized carbons (Fsp3) is 0.417. The standard InChI is InChI=1S/C12H16IN2S/c1-12(2,3)10-7-16-6-9(10)4-13-11-5-14-8-15-11/h5-8H,4H2,1-3H3,(H,14,15)/q-1. The van der Waals surface area contributed by atoms with Crippen LogP contribution >= 0.6 is 11.3 Å². The molecule has 0 amide bonds. The number of rotatable bonds is 3. The zero-order valence-electron chi connectivity index (χ0n) is 9.75. The van der Waals surface area contributed by atoms with E-state index in [0.29, 0.717) is 0 Å². The molecule has 2 aromatic rings. The van der Waals surface area contributed by atoms with Crippen LogP contribution in [0.2, 0.25) is 0 Å². The number of aromatic nitrogens is 2. The molecule has 2 rings (SSSR count). The number of alkyl halides is 1. The monoisotopic (exact) mass is 347 g/mol. The number of nitrogens with one attached hydrogen (secondary N) is 1. The molecule has 0 aliphatic rings. The predicted molar refractivity (Wildman–Crippen MR) is 64.0 cm³/mol. The van der Waals surface area contributed by atoms with E-state index in [-0.39, 0.29) is 26.6 Å². The van der Waals surface area contributed by atoms with Crippen molar-refractivity contribution in [2.24, 2.45) is 0 Å². The van der Waals surface area contributed by atoms with Crippen LogP contribution in [0.5, 0.6) is 0 Å². The fourth-order valence-electron chi connectivity index (χ4n) is 1.54. The van der Waals surface area contributed by atoms with Crippen molar-refractivity contribution in [2.75, 3.05) is 0 Å². The van der Waals surface area contributed by atoms with Crippen molar-refractivity contribution in [3.63, 3.8) is 0 Å². The third kappa shape index (κ3) is 2.85. The van der Waals surface area contributed by atoms with Gasteiger partial charge in [0.1, 0.15) is 0 Å². The molecule has 0 saturated carbocycles. The Morgan fingerprint density at radius 2 is 2.19 bits per heavy atom. The van der Waals surface area contributed by atoms with E-state index in [1.807, 2.05) is 17.5 Å². The van der Waals surface area contributed by atoms with Crippen LogP contribution in [-0.2, 0) is 9.84 Å². The summed E-state index contributed by atoms with van der Waals surface area (Å²) in [6.07, 6.45) is 3.73. The molecule has 0 aliphatic heterocycles. The summed E-state index contributed by atoms with van der Waals surface area (Å²) in [4.78, 5) is 7.27. The van der Waals surface area contributed by atoms with E-state index in [1.165, 1.54) is 19.3 Å². The van der Waals surface area contributed by atoms with E-state index in [0.717, 1.165) is 0 Å². The first-order valence-corrected chi connectivity index (χ1v) is 8.75. The van der Waals surface area contributed by atoms with Crippen LogP contribution in [0.15, 0.2) is 23.3 Å². The Kier molecular flexibility index (Phi) is 3.69. The van der Waals surface area contributed by atoms with Crippen molar-refractivity contribution >= 4 is 11.3 Å². The number of H-pyrrole nitrogens is 1. The molecule has 2 nitrogen and oxygen atoms in total. The van der Waals surface area contributed by atoms with Gasteiger partial charge in [-0.2, -0.15) is 0 Å². The average Bonchev–Trinajstić information content (AvgIpc) is 2.85. The zero-order chi connectivity index (χ0) is 11.6. The third-order valence-corrected chi connectivity index (χ3v) is 5.78. The topological polar surface area (TPSA) is 28.7 Å². The molecular weight excluding hydrogens is 331 g/mol. The van der Waals surface area contributed by atoms with Gasteiger partial charge in [-0.15, -0.1) is 0 Å². The van der Waals surface area contributed by atoms with Crippen LogP contribution in [0.4, 0.5) is 0 Å². The summed E-state index contributed by atoms with van der Waals surface area (Å²) in [6.45, 7) is 6.85. The summed E-state index contributed by atoms with van der Waals surface area (Å²) in [7, 11) is 0. The summed E-state index contributed by atoms with van der Waals surface area (Å²) in [5.74, 6) is 0. The van der Waals surface area contributed by atoms with E-state index in [1.54, 1.807) is 6.33 Å². The van der Waals surface area contributed by atoms with Crippen molar-refractivity contribution in [1.82, 2.24) is 9.97 Å². The Bertz CT molecular complexity index is 440. The first kappa shape index (κ1) is 12.1. The van der Waals surface area contributed by atoms with E-state index in [2.05, 4.69) is 41.5 Å². The fourth-order valence-corrected chi connectivity index (χ4v) is 5.09. The van der Waals surface area contributed by atoms with Crippen LogP contribution in [0.3, 0.4) is 0 Å². The Labute approximate surface area is 111 Å². The molecule has 1 N–H and O–H groups in total. The van der Waals surface area contributed by atoms with Gasteiger partial charge in [-0.05, 0) is 0 Å². The maximum absolute atomic E-state index is 4.07. The quantitative estimate of drug-likeness (QED) is 0.625. The summed E-state index contributed by atoms with van der Waals surface area (Å²) >= 11 is 1.86. The van der Waals surface area contributed by atoms with Gasteiger partial charge in [0.25, 0.3) is 0 Å². The minimum atomic E-state index is 0.0353. The molecule has 0 spiro atoms. The molecule has 0 saturated heterocycles. The molecule has 0 aliphatic carbocycles. The number of imidazole rings is 1. The van der Waals surface area contributed by atoms with Gasteiger partial charge in [-0.25, -0.2) is 0 Å². The zero-order valence-corrected chi connectivity index (χ0v) is 12.7. The van der Waals surface area contributed by atoms with Gasteiger partial charge in [-0.1, -0.05) is 0 Å². The van der Waals surface area contributed by atoms with Crippen LogP contribution in [0, 0.1) is 3.70 Å². The molecule has 2 aromatic heterocycles. The number of aromatic amines is 1. The molecule has 88 valence electrons. The molecule has 2 heterocycles. The Morgan fingerprint density at radius 3 is 2.81 bits per heavy atom. The summed E-state index contributed by atoms with van der Waals surface area (Å²) in [5, 5.41) is 4.60. The average molecular weight is 347 g/mol. The second-order valence-electron chi connectivity index (χ2n) is 4.73. The van der Waals surface area contributed by atoms with Crippen molar-refractivity contribution < 1.29 is 21.2 Å². The van der Waals surface area contributed by atoms with Gasteiger partial charge >= 0.3 is 111 Å². The van der Waals surface area contributed by atoms with E-state index >= 15 is 0 Å². The number of halogens is 1. The van der Waals surface area contributed by atoms with Gasteiger partial charge in [0.2, 0.25) is 0 Å². The van der Waals surface area contributed by atoms with Crippen molar-refractivity contribution in [2.45, 2.75) is 30.6 Å². The molecule has 0 fully saturated rings. The predicted octanol–water partition coefficient (Wildman–Crippen LogP) is 0.227. The Hall–Kier alpha value is -0.360. The molecule has 0 atom stereocenters. The third-order valence-electron chi connectivity index (χ3n) is 2.37. The van der Waals surface area contributed by atoms with E-state index in [4.69, 9.17) is 0 Å². The van der Waals surface area contributed by atoms with Gasteiger partial charge in [0, 0.05) is 0 Å². The number of thiophene rings is 1. The number of nitrogens with zero attached hydrogens (tertiary/aromatic N) is 1. The molecular formula is C12H16IN2S-. The van der Waals surface area contributed by atoms with Crippen molar-refractivity contribution in [3.05, 3.63) is 38.1 Å². The Morgan fingerprint density at radius 1 is 1.38 bits per heavy atom. The van der Waals surface area contributed by atoms with Crippen LogP contribution in [0.1, 0.15) is 31.9 Å². The second-order valence-corrected chi connectivity index (χ2v) is 8.16. The Balaban J connectivity index is 2.08. The summed E-state index contributed by atoms with van der Waals surface area (Å²) in [6, 6.07) is 0. The van der Waals surface area contributed by atoms with Crippen LogP contribution in [0.25, 0.3) is 0 Å². The van der Waals surface area contributed by atoms with Crippen LogP contribution < -0.4 is 21.2 Å². The molecule has 0 radical (unpaired) electrons. The van der Waals surface area contributed by atoms with Crippen molar-refractivity contribution in [3.8, 4) is 0 Å². The van der Waals surface area contributed by atoms with E-state index < -0.39 is 0 Å². The van der Waals surface area contributed by atoms with Gasteiger partial charge in [0.05, 0.1) is 0 Å². The minimum absolute atomic E-state index is 0.0353. The van der Waals surface area contributed by atoms with Gasteiger partial charge in [0.15, 0.2) is 0 Å². The molecule has 4 heteroatoms. The van der Waals surface area contributed by atoms with Crippen molar-refractivity contribution in [1.29, 1.82) is 0 Å².